The van der Waals surface area contributed by atoms with Crippen molar-refractivity contribution < 1.29 is 13.2 Å². The molecule has 0 radical (unpaired) electrons. The second kappa shape index (κ2) is 7.47. The van der Waals surface area contributed by atoms with Gasteiger partial charge in [-0.25, -0.2) is 13.6 Å². The summed E-state index contributed by atoms with van der Waals surface area (Å²) in [4.78, 5) is 12.2. The molecule has 0 saturated heterocycles. The van der Waals surface area contributed by atoms with Gasteiger partial charge in [0.05, 0.1) is 5.02 Å². The molecule has 0 amide bonds. The van der Waals surface area contributed by atoms with Crippen LogP contribution in [0.3, 0.4) is 0 Å². The summed E-state index contributed by atoms with van der Waals surface area (Å²) in [6.07, 6.45) is 2.39. The lowest BCUT2D eigenvalue weighted by Crippen LogP contribution is -2.14. The summed E-state index contributed by atoms with van der Waals surface area (Å²) in [7, 11) is -3.97. The molecule has 0 atom stereocenters. The number of carbonyl (C=O) groups excluding carboxylic acids is 1. The molecule has 4 nitrogen and oxygen atoms in total. The molecule has 0 unspecified atom stereocenters. The SMILES string of the molecule is CC.NS(=O)(=O)c1cc(C(=O)c2ccc(C3CC3)cc2)ccc1Cl. The molecule has 3 rings (SSSR count). The maximum absolute atomic E-state index is 12.5. The van der Waals surface area contributed by atoms with Crippen LogP contribution in [0.15, 0.2) is 47.4 Å². The fourth-order valence-electron chi connectivity index (χ4n) is 2.35. The van der Waals surface area contributed by atoms with E-state index in [9.17, 15) is 13.2 Å². The first-order valence-electron chi connectivity index (χ1n) is 7.83. The summed E-state index contributed by atoms with van der Waals surface area (Å²) in [5.41, 5.74) is 1.98. The maximum atomic E-state index is 12.5. The molecule has 0 bridgehead atoms. The van der Waals surface area contributed by atoms with Crippen molar-refractivity contribution in [2.45, 2.75) is 37.5 Å². The van der Waals surface area contributed by atoms with Gasteiger partial charge < -0.3 is 0 Å². The minimum absolute atomic E-state index is 0.00290. The molecular weight excluding hydrogens is 346 g/mol. The van der Waals surface area contributed by atoms with Crippen LogP contribution in [0, 0.1) is 0 Å². The molecule has 1 aliphatic rings. The van der Waals surface area contributed by atoms with Crippen molar-refractivity contribution in [2.75, 3.05) is 0 Å². The lowest BCUT2D eigenvalue weighted by molar-refractivity contribution is 0.103. The zero-order chi connectivity index (χ0) is 17.9. The molecule has 2 aromatic rings. The van der Waals surface area contributed by atoms with Crippen LogP contribution in [0.1, 0.15) is 54.1 Å². The minimum Gasteiger partial charge on any atom is -0.289 e. The van der Waals surface area contributed by atoms with Crippen LogP contribution in [-0.2, 0) is 10.0 Å². The predicted molar refractivity (Wildman–Crippen MR) is 96.0 cm³/mol. The van der Waals surface area contributed by atoms with Crippen LogP contribution >= 0.6 is 11.6 Å². The topological polar surface area (TPSA) is 77.2 Å². The molecule has 6 heteroatoms. The van der Waals surface area contributed by atoms with Gasteiger partial charge in [-0.3, -0.25) is 4.79 Å². The zero-order valence-corrected chi connectivity index (χ0v) is 15.2. The van der Waals surface area contributed by atoms with Crippen LogP contribution in [0.5, 0.6) is 0 Å². The molecule has 128 valence electrons. The molecular formula is C18H20ClNO3S. The van der Waals surface area contributed by atoms with E-state index in [1.54, 1.807) is 12.1 Å². The lowest BCUT2D eigenvalue weighted by atomic mass is 10.0. The molecule has 24 heavy (non-hydrogen) atoms. The lowest BCUT2D eigenvalue weighted by Gasteiger charge is -2.06. The molecule has 2 aromatic carbocycles. The number of carbonyl (C=O) groups is 1. The second-order valence-corrected chi connectivity index (χ2v) is 7.35. The standard InChI is InChI=1S/C16H14ClNO3S.C2H6/c17-14-8-7-13(9-15(14)22(18,20)21)16(19)12-5-3-11(4-6-12)10-1-2-10;1-2/h3-10H,1-2H2,(H2,18,20,21);1-2H3. The Morgan fingerprint density at radius 2 is 1.58 bits per heavy atom. The summed E-state index contributed by atoms with van der Waals surface area (Å²) in [6.45, 7) is 4.00. The highest BCUT2D eigenvalue weighted by atomic mass is 35.5. The van der Waals surface area contributed by atoms with Crippen molar-refractivity contribution in [1.29, 1.82) is 0 Å². The van der Waals surface area contributed by atoms with Crippen molar-refractivity contribution in [2.24, 2.45) is 5.14 Å². The minimum atomic E-state index is -3.97. The van der Waals surface area contributed by atoms with Gasteiger partial charge >= 0.3 is 0 Å². The van der Waals surface area contributed by atoms with E-state index < -0.39 is 10.0 Å². The molecule has 0 spiro atoms. The smallest absolute Gasteiger partial charge is 0.239 e. The Hall–Kier alpha value is -1.69. The molecule has 0 heterocycles. The Balaban J connectivity index is 0.00000100. The predicted octanol–water partition coefficient (Wildman–Crippen LogP) is 4.12. The summed E-state index contributed by atoms with van der Waals surface area (Å²) >= 11 is 5.82. The Labute approximate surface area is 147 Å². The van der Waals surface area contributed by atoms with E-state index in [2.05, 4.69) is 0 Å². The number of hydrogen-bond acceptors (Lipinski definition) is 3. The van der Waals surface area contributed by atoms with Crippen molar-refractivity contribution in [1.82, 2.24) is 0 Å². The van der Waals surface area contributed by atoms with Crippen LogP contribution in [0.2, 0.25) is 5.02 Å². The Morgan fingerprint density at radius 3 is 2.08 bits per heavy atom. The van der Waals surface area contributed by atoms with Crippen LogP contribution in [-0.4, -0.2) is 14.2 Å². The van der Waals surface area contributed by atoms with Gasteiger partial charge in [0.15, 0.2) is 5.78 Å². The summed E-state index contributed by atoms with van der Waals surface area (Å²) in [6, 6.07) is 11.5. The first-order valence-corrected chi connectivity index (χ1v) is 9.76. The van der Waals surface area contributed by atoms with E-state index >= 15 is 0 Å². The Bertz CT molecular complexity index is 841. The fraction of sp³-hybridized carbons (Fsp3) is 0.278. The van der Waals surface area contributed by atoms with E-state index in [1.165, 1.54) is 36.6 Å². The van der Waals surface area contributed by atoms with Gasteiger partial charge in [-0.1, -0.05) is 49.7 Å². The van der Waals surface area contributed by atoms with Gasteiger partial charge in [0, 0.05) is 11.1 Å². The second-order valence-electron chi connectivity index (χ2n) is 5.42. The monoisotopic (exact) mass is 365 g/mol. The van der Waals surface area contributed by atoms with Crippen molar-refractivity contribution >= 4 is 27.4 Å². The van der Waals surface area contributed by atoms with E-state index in [0.29, 0.717) is 11.5 Å². The molecule has 0 aromatic heterocycles. The van der Waals surface area contributed by atoms with E-state index in [-0.39, 0.29) is 21.3 Å². The number of rotatable bonds is 4. The molecule has 1 saturated carbocycles. The number of hydrogen-bond donors (Lipinski definition) is 1. The maximum Gasteiger partial charge on any atom is 0.239 e. The Kier molecular flexibility index (Phi) is 5.80. The first-order chi connectivity index (χ1) is 11.4. The quantitative estimate of drug-likeness (QED) is 0.828. The van der Waals surface area contributed by atoms with Crippen molar-refractivity contribution in [3.8, 4) is 0 Å². The number of halogens is 1. The first kappa shape index (κ1) is 18.6. The largest absolute Gasteiger partial charge is 0.289 e. The highest BCUT2D eigenvalue weighted by Gasteiger charge is 2.23. The summed E-state index contributed by atoms with van der Waals surface area (Å²) in [5.74, 6) is 0.359. The van der Waals surface area contributed by atoms with Gasteiger partial charge in [0.25, 0.3) is 0 Å². The molecule has 2 N–H and O–H groups in total. The van der Waals surface area contributed by atoms with Crippen molar-refractivity contribution in [3.05, 3.63) is 64.2 Å². The number of benzene rings is 2. The van der Waals surface area contributed by atoms with Gasteiger partial charge in [0.1, 0.15) is 4.90 Å². The van der Waals surface area contributed by atoms with Gasteiger partial charge in [-0.2, -0.15) is 0 Å². The van der Waals surface area contributed by atoms with E-state index in [0.717, 1.165) is 0 Å². The van der Waals surface area contributed by atoms with E-state index in [1.807, 2.05) is 26.0 Å². The fourth-order valence-corrected chi connectivity index (χ4v) is 3.42. The average Bonchev–Trinajstić information content (AvgIpc) is 3.41. The van der Waals surface area contributed by atoms with E-state index in [4.69, 9.17) is 16.7 Å². The van der Waals surface area contributed by atoms with Gasteiger partial charge in [-0.05, 0) is 42.5 Å². The average molecular weight is 366 g/mol. The third-order valence-corrected chi connectivity index (χ3v) is 5.11. The third-order valence-electron chi connectivity index (χ3n) is 3.72. The molecule has 1 fully saturated rings. The highest BCUT2D eigenvalue weighted by Crippen LogP contribution is 2.40. The zero-order valence-electron chi connectivity index (χ0n) is 13.6. The molecule has 0 aliphatic heterocycles. The van der Waals surface area contributed by atoms with Crippen molar-refractivity contribution in [3.63, 3.8) is 0 Å². The number of sulfonamides is 1. The number of ketones is 1. The normalized spacial score (nSPS) is 13.8. The number of nitrogens with two attached hydrogens (primary N) is 1. The van der Waals surface area contributed by atoms with Gasteiger partial charge in [-0.15, -0.1) is 0 Å². The van der Waals surface area contributed by atoms with Crippen LogP contribution in [0.4, 0.5) is 0 Å². The highest BCUT2D eigenvalue weighted by molar-refractivity contribution is 7.89. The van der Waals surface area contributed by atoms with Gasteiger partial charge in [0.2, 0.25) is 10.0 Å². The van der Waals surface area contributed by atoms with Crippen LogP contribution < -0.4 is 5.14 Å². The summed E-state index contributed by atoms with van der Waals surface area (Å²) < 4.78 is 22.9. The van der Waals surface area contributed by atoms with Crippen LogP contribution in [0.25, 0.3) is 0 Å². The third kappa shape index (κ3) is 4.23. The number of primary sulfonamides is 1. The molecule has 1 aliphatic carbocycles. The summed E-state index contributed by atoms with van der Waals surface area (Å²) in [5, 5.41) is 5.10. The Morgan fingerprint density at radius 1 is 1.04 bits per heavy atom.